The maximum absolute atomic E-state index is 12.5. The summed E-state index contributed by atoms with van der Waals surface area (Å²) in [4.78, 5) is 27.8. The van der Waals surface area contributed by atoms with Gasteiger partial charge in [-0.25, -0.2) is 0 Å². The molecule has 2 unspecified atom stereocenters. The summed E-state index contributed by atoms with van der Waals surface area (Å²) in [5.41, 5.74) is 7.55. The van der Waals surface area contributed by atoms with Crippen LogP contribution in [0.4, 0.5) is 5.69 Å². The minimum Gasteiger partial charge on any atom is -0.383 e. The molecule has 2 amide bonds. The Kier molecular flexibility index (Phi) is 5.62. The van der Waals surface area contributed by atoms with Crippen molar-refractivity contribution < 1.29 is 14.3 Å². The lowest BCUT2D eigenvalue weighted by atomic mass is 9.97. The van der Waals surface area contributed by atoms with Crippen molar-refractivity contribution in [2.24, 2.45) is 5.73 Å². The van der Waals surface area contributed by atoms with Crippen LogP contribution in [0.25, 0.3) is 0 Å². The Morgan fingerprint density at radius 2 is 2.17 bits per heavy atom. The van der Waals surface area contributed by atoms with Gasteiger partial charge >= 0.3 is 0 Å². The molecule has 0 radical (unpaired) electrons. The minimum atomic E-state index is -0.730. The summed E-state index contributed by atoms with van der Waals surface area (Å²) in [6.07, 6.45) is 0.323. The molecule has 0 aliphatic carbocycles. The van der Waals surface area contributed by atoms with Crippen molar-refractivity contribution in [2.75, 3.05) is 39.3 Å². The average Bonchev–Trinajstić information content (AvgIpc) is 2.84. The van der Waals surface area contributed by atoms with Gasteiger partial charge in [-0.3, -0.25) is 9.59 Å². The fourth-order valence-corrected chi connectivity index (χ4v) is 2.92. The average molecular weight is 340 g/mol. The molecule has 7 heteroatoms. The number of methoxy groups -OCH3 is 1. The van der Waals surface area contributed by atoms with E-state index in [0.29, 0.717) is 18.0 Å². The number of anilines is 1. The van der Waals surface area contributed by atoms with Gasteiger partial charge in [-0.15, -0.1) is 0 Å². The zero-order valence-electron chi connectivity index (χ0n) is 13.6. The first-order chi connectivity index (χ1) is 10.8. The van der Waals surface area contributed by atoms with Crippen LogP contribution in [0.2, 0.25) is 5.02 Å². The SMILES string of the molecule is COCC(N)C(=O)N1CC(CC(=O)N(C)C)c2cc(Cl)ccc21. The molecule has 0 fully saturated rings. The van der Waals surface area contributed by atoms with E-state index in [-0.39, 0.29) is 24.3 Å². The Bertz CT molecular complexity index is 606. The lowest BCUT2D eigenvalue weighted by molar-refractivity contribution is -0.129. The van der Waals surface area contributed by atoms with Crippen LogP contribution in [0.15, 0.2) is 18.2 Å². The number of carbonyl (C=O) groups excluding carboxylic acids is 2. The molecule has 2 atom stereocenters. The molecular weight excluding hydrogens is 318 g/mol. The van der Waals surface area contributed by atoms with Crippen LogP contribution in [0.5, 0.6) is 0 Å². The molecule has 0 spiro atoms. The summed E-state index contributed by atoms with van der Waals surface area (Å²) >= 11 is 6.08. The van der Waals surface area contributed by atoms with E-state index in [4.69, 9.17) is 22.1 Å². The summed E-state index contributed by atoms with van der Waals surface area (Å²) in [6, 6.07) is 4.62. The van der Waals surface area contributed by atoms with E-state index in [1.165, 1.54) is 7.11 Å². The maximum atomic E-state index is 12.5. The standard InChI is InChI=1S/C16H22ClN3O3/c1-19(2)15(21)6-10-8-20(16(22)13(18)9-23-3)14-5-4-11(17)7-12(10)14/h4-5,7,10,13H,6,8-9,18H2,1-3H3. The van der Waals surface area contributed by atoms with Crippen LogP contribution in [-0.4, -0.2) is 57.1 Å². The number of nitrogens with zero attached hydrogens (tertiary/aromatic N) is 2. The van der Waals surface area contributed by atoms with E-state index in [1.807, 2.05) is 6.07 Å². The van der Waals surface area contributed by atoms with Crippen LogP contribution < -0.4 is 10.6 Å². The third-order valence-electron chi connectivity index (χ3n) is 3.97. The van der Waals surface area contributed by atoms with E-state index >= 15 is 0 Å². The highest BCUT2D eigenvalue weighted by atomic mass is 35.5. The van der Waals surface area contributed by atoms with Gasteiger partial charge in [0.1, 0.15) is 6.04 Å². The molecular formula is C16H22ClN3O3. The van der Waals surface area contributed by atoms with Gasteiger partial charge in [0.25, 0.3) is 0 Å². The van der Waals surface area contributed by atoms with Gasteiger partial charge in [-0.1, -0.05) is 11.6 Å². The number of hydrogen-bond donors (Lipinski definition) is 1. The highest BCUT2D eigenvalue weighted by Crippen LogP contribution is 2.40. The van der Waals surface area contributed by atoms with Crippen molar-refractivity contribution in [3.8, 4) is 0 Å². The number of carbonyl (C=O) groups is 2. The Hall–Kier alpha value is -1.63. The van der Waals surface area contributed by atoms with Gasteiger partial charge in [0.15, 0.2) is 0 Å². The zero-order valence-corrected chi connectivity index (χ0v) is 14.3. The van der Waals surface area contributed by atoms with Crippen molar-refractivity contribution in [1.82, 2.24) is 4.90 Å². The molecule has 1 heterocycles. The molecule has 0 saturated carbocycles. The predicted molar refractivity (Wildman–Crippen MR) is 89.7 cm³/mol. The Morgan fingerprint density at radius 1 is 1.48 bits per heavy atom. The molecule has 2 rings (SSSR count). The highest BCUT2D eigenvalue weighted by Gasteiger charge is 2.35. The fraction of sp³-hybridized carbons (Fsp3) is 0.500. The summed E-state index contributed by atoms with van der Waals surface area (Å²) in [5.74, 6) is -0.288. The zero-order chi connectivity index (χ0) is 17.1. The lowest BCUT2D eigenvalue weighted by Gasteiger charge is -2.22. The third-order valence-corrected chi connectivity index (χ3v) is 4.21. The number of rotatable bonds is 5. The quantitative estimate of drug-likeness (QED) is 0.875. The van der Waals surface area contributed by atoms with Crippen molar-refractivity contribution in [3.63, 3.8) is 0 Å². The van der Waals surface area contributed by atoms with Crippen molar-refractivity contribution in [3.05, 3.63) is 28.8 Å². The number of halogens is 1. The minimum absolute atomic E-state index is 0.0106. The second-order valence-electron chi connectivity index (χ2n) is 5.90. The topological polar surface area (TPSA) is 75.9 Å². The molecule has 23 heavy (non-hydrogen) atoms. The van der Waals surface area contributed by atoms with E-state index in [2.05, 4.69) is 0 Å². The number of amides is 2. The molecule has 0 aromatic heterocycles. The van der Waals surface area contributed by atoms with E-state index < -0.39 is 6.04 Å². The van der Waals surface area contributed by atoms with Crippen molar-refractivity contribution in [1.29, 1.82) is 0 Å². The first-order valence-corrected chi connectivity index (χ1v) is 7.78. The number of ether oxygens (including phenoxy) is 1. The van der Waals surface area contributed by atoms with Crippen LogP contribution in [0.1, 0.15) is 17.9 Å². The van der Waals surface area contributed by atoms with Crippen LogP contribution in [0, 0.1) is 0 Å². The molecule has 126 valence electrons. The van der Waals surface area contributed by atoms with Crippen LogP contribution >= 0.6 is 11.6 Å². The Labute approximate surface area is 141 Å². The third kappa shape index (κ3) is 3.83. The Balaban J connectivity index is 2.28. The molecule has 0 bridgehead atoms. The van der Waals surface area contributed by atoms with Crippen molar-refractivity contribution in [2.45, 2.75) is 18.4 Å². The van der Waals surface area contributed by atoms with Gasteiger partial charge in [0.2, 0.25) is 11.8 Å². The number of hydrogen-bond acceptors (Lipinski definition) is 4. The largest absolute Gasteiger partial charge is 0.383 e. The highest BCUT2D eigenvalue weighted by molar-refractivity contribution is 6.30. The van der Waals surface area contributed by atoms with Gasteiger partial charge in [0, 0.05) is 50.8 Å². The second kappa shape index (κ2) is 7.29. The fourth-order valence-electron chi connectivity index (χ4n) is 2.74. The Morgan fingerprint density at radius 3 is 2.78 bits per heavy atom. The number of fused-ring (bicyclic) bond motifs is 1. The molecule has 0 saturated heterocycles. The molecule has 1 aliphatic rings. The first kappa shape index (κ1) is 17.7. The van der Waals surface area contributed by atoms with Gasteiger partial charge < -0.3 is 20.3 Å². The van der Waals surface area contributed by atoms with Gasteiger partial charge in [-0.05, 0) is 23.8 Å². The first-order valence-electron chi connectivity index (χ1n) is 7.40. The molecule has 6 nitrogen and oxygen atoms in total. The van der Waals surface area contributed by atoms with E-state index in [1.54, 1.807) is 36.0 Å². The molecule has 2 N–H and O–H groups in total. The lowest BCUT2D eigenvalue weighted by Crippen LogP contribution is -2.46. The summed E-state index contributed by atoms with van der Waals surface area (Å²) in [5, 5.41) is 0.585. The van der Waals surface area contributed by atoms with Crippen molar-refractivity contribution >= 4 is 29.1 Å². The number of benzene rings is 1. The maximum Gasteiger partial charge on any atom is 0.246 e. The number of nitrogens with two attached hydrogens (primary N) is 1. The predicted octanol–water partition coefficient (Wildman–Crippen LogP) is 1.22. The van der Waals surface area contributed by atoms with E-state index in [0.717, 1.165) is 11.3 Å². The molecule has 1 aromatic carbocycles. The van der Waals surface area contributed by atoms with Crippen LogP contribution in [-0.2, 0) is 14.3 Å². The summed E-state index contributed by atoms with van der Waals surface area (Å²) in [7, 11) is 4.94. The summed E-state index contributed by atoms with van der Waals surface area (Å²) in [6.45, 7) is 0.574. The van der Waals surface area contributed by atoms with Crippen LogP contribution in [0.3, 0.4) is 0 Å². The van der Waals surface area contributed by atoms with E-state index in [9.17, 15) is 9.59 Å². The monoisotopic (exact) mass is 339 g/mol. The second-order valence-corrected chi connectivity index (χ2v) is 6.34. The molecule has 1 aromatic rings. The van der Waals surface area contributed by atoms with Gasteiger partial charge in [-0.2, -0.15) is 0 Å². The van der Waals surface area contributed by atoms with Gasteiger partial charge in [0.05, 0.1) is 6.61 Å². The normalized spacial score (nSPS) is 17.8. The smallest absolute Gasteiger partial charge is 0.246 e. The molecule has 1 aliphatic heterocycles. The summed E-state index contributed by atoms with van der Waals surface area (Å²) < 4.78 is 4.96.